The number of thioether (sulfide) groups is 1. The van der Waals surface area contributed by atoms with Gasteiger partial charge in [-0.1, -0.05) is 59.8 Å². The lowest BCUT2D eigenvalue weighted by Crippen LogP contribution is -2.48. The molecule has 0 saturated carbocycles. The number of methoxy groups -OCH3 is 1. The van der Waals surface area contributed by atoms with Crippen molar-refractivity contribution in [2.75, 3.05) is 43.9 Å². The molecule has 1 fully saturated rings. The Kier molecular flexibility index (Phi) is 8.28. The number of carbonyl (C=O) groups is 1. The summed E-state index contributed by atoms with van der Waals surface area (Å²) in [5.74, 6) is 2.71. The van der Waals surface area contributed by atoms with Gasteiger partial charge in [-0.05, 0) is 49.7 Å². The molecular weight excluding hydrogens is 494 g/mol. The average Bonchev–Trinajstić information content (AvgIpc) is 3.40. The first kappa shape index (κ1) is 25.9. The summed E-state index contributed by atoms with van der Waals surface area (Å²) < 4.78 is 7.36. The van der Waals surface area contributed by atoms with E-state index in [1.807, 2.05) is 35.2 Å². The van der Waals surface area contributed by atoms with Crippen LogP contribution in [0.4, 0.5) is 5.69 Å². The van der Waals surface area contributed by atoms with E-state index in [9.17, 15) is 4.79 Å². The van der Waals surface area contributed by atoms with Gasteiger partial charge in [0.05, 0.1) is 7.11 Å². The third-order valence-electron chi connectivity index (χ3n) is 6.79. The van der Waals surface area contributed by atoms with Crippen LogP contribution in [0.1, 0.15) is 18.4 Å². The Morgan fingerprint density at radius 2 is 1.58 bits per heavy atom. The first-order valence-electron chi connectivity index (χ1n) is 13.0. The van der Waals surface area contributed by atoms with Crippen molar-refractivity contribution in [2.24, 2.45) is 0 Å². The van der Waals surface area contributed by atoms with Gasteiger partial charge in [-0.2, -0.15) is 0 Å². The number of para-hydroxylation sites is 1. The van der Waals surface area contributed by atoms with Crippen molar-refractivity contribution < 1.29 is 9.53 Å². The van der Waals surface area contributed by atoms with E-state index in [-0.39, 0.29) is 5.91 Å². The number of carbonyl (C=O) groups excluding carboxylic acids is 1. The summed E-state index contributed by atoms with van der Waals surface area (Å²) in [7, 11) is 1.68. The summed E-state index contributed by atoms with van der Waals surface area (Å²) in [5.41, 5.74) is 4.44. The van der Waals surface area contributed by atoms with Gasteiger partial charge in [0.25, 0.3) is 0 Å². The van der Waals surface area contributed by atoms with Gasteiger partial charge in [0, 0.05) is 55.3 Å². The van der Waals surface area contributed by atoms with E-state index in [1.54, 1.807) is 18.9 Å². The molecule has 5 rings (SSSR count). The maximum absolute atomic E-state index is 12.9. The predicted molar refractivity (Wildman–Crippen MR) is 153 cm³/mol. The zero-order chi connectivity index (χ0) is 26.3. The van der Waals surface area contributed by atoms with Gasteiger partial charge in [-0.3, -0.25) is 9.36 Å². The van der Waals surface area contributed by atoms with Gasteiger partial charge >= 0.3 is 0 Å². The van der Waals surface area contributed by atoms with Crippen LogP contribution in [0.15, 0.2) is 84.0 Å². The number of hydrogen-bond acceptors (Lipinski definition) is 6. The maximum atomic E-state index is 12.9. The Hall–Kier alpha value is -3.78. The SMILES string of the molecule is COc1ccc(N2CCN(C(=O)CCCSc3nnc(-c4ccc(C)cc4)n3-c3ccccc3)CC2)cc1. The van der Waals surface area contributed by atoms with Crippen molar-refractivity contribution in [2.45, 2.75) is 24.9 Å². The smallest absolute Gasteiger partial charge is 0.222 e. The van der Waals surface area contributed by atoms with E-state index < -0.39 is 0 Å². The predicted octanol–water partition coefficient (Wildman–Crippen LogP) is 5.47. The minimum atomic E-state index is 0.227. The lowest BCUT2D eigenvalue weighted by Gasteiger charge is -2.36. The molecule has 38 heavy (non-hydrogen) atoms. The first-order chi connectivity index (χ1) is 18.6. The number of hydrogen-bond donors (Lipinski definition) is 0. The summed E-state index contributed by atoms with van der Waals surface area (Å²) in [4.78, 5) is 17.2. The van der Waals surface area contributed by atoms with Crippen LogP contribution in [0.25, 0.3) is 17.1 Å². The van der Waals surface area contributed by atoms with E-state index in [2.05, 4.69) is 75.1 Å². The molecule has 0 unspecified atom stereocenters. The Morgan fingerprint density at radius 3 is 2.26 bits per heavy atom. The Labute approximate surface area is 228 Å². The van der Waals surface area contributed by atoms with E-state index in [0.29, 0.717) is 6.42 Å². The number of ether oxygens (including phenoxy) is 1. The molecule has 7 nitrogen and oxygen atoms in total. The topological polar surface area (TPSA) is 63.5 Å². The molecule has 4 aromatic rings. The summed E-state index contributed by atoms with van der Waals surface area (Å²) in [6.07, 6.45) is 1.34. The van der Waals surface area contributed by atoms with Gasteiger partial charge in [-0.15, -0.1) is 10.2 Å². The molecule has 0 N–H and O–H groups in total. The molecule has 3 aromatic carbocycles. The summed E-state index contributed by atoms with van der Waals surface area (Å²) >= 11 is 1.65. The molecule has 1 aliphatic heterocycles. The highest BCUT2D eigenvalue weighted by atomic mass is 32.2. The maximum Gasteiger partial charge on any atom is 0.222 e. The first-order valence-corrected chi connectivity index (χ1v) is 14.0. The molecule has 196 valence electrons. The van der Waals surface area contributed by atoms with Crippen molar-refractivity contribution >= 4 is 23.4 Å². The van der Waals surface area contributed by atoms with Crippen LogP contribution in [0.2, 0.25) is 0 Å². The largest absolute Gasteiger partial charge is 0.497 e. The second-order valence-corrected chi connectivity index (χ2v) is 10.4. The van der Waals surface area contributed by atoms with Crippen molar-refractivity contribution in [1.82, 2.24) is 19.7 Å². The highest BCUT2D eigenvalue weighted by Gasteiger charge is 2.21. The fourth-order valence-electron chi connectivity index (χ4n) is 4.61. The zero-order valence-electron chi connectivity index (χ0n) is 21.9. The summed E-state index contributed by atoms with van der Waals surface area (Å²) in [6.45, 7) is 5.26. The number of amides is 1. The van der Waals surface area contributed by atoms with E-state index in [0.717, 1.165) is 66.3 Å². The number of benzene rings is 3. The molecule has 1 saturated heterocycles. The molecule has 0 radical (unpaired) electrons. The minimum Gasteiger partial charge on any atom is -0.497 e. The summed E-state index contributed by atoms with van der Waals surface area (Å²) in [6, 6.07) is 26.7. The van der Waals surface area contributed by atoms with Crippen molar-refractivity contribution in [3.05, 3.63) is 84.4 Å². The average molecular weight is 528 g/mol. The van der Waals surface area contributed by atoms with E-state index in [1.165, 1.54) is 11.3 Å². The number of aryl methyl sites for hydroxylation is 1. The second-order valence-electron chi connectivity index (χ2n) is 9.36. The fourth-order valence-corrected chi connectivity index (χ4v) is 5.51. The molecule has 0 spiro atoms. The number of piperazine rings is 1. The lowest BCUT2D eigenvalue weighted by atomic mass is 10.1. The molecule has 1 aromatic heterocycles. The van der Waals surface area contributed by atoms with Gasteiger partial charge in [0.1, 0.15) is 5.75 Å². The molecule has 0 atom stereocenters. The Balaban J connectivity index is 1.15. The number of anilines is 1. The quantitative estimate of drug-likeness (QED) is 0.212. The van der Waals surface area contributed by atoms with Crippen LogP contribution in [0, 0.1) is 6.92 Å². The normalized spacial score (nSPS) is 13.5. The third-order valence-corrected chi connectivity index (χ3v) is 7.81. The van der Waals surface area contributed by atoms with Crippen LogP contribution < -0.4 is 9.64 Å². The number of aromatic nitrogens is 3. The molecule has 1 aliphatic rings. The fraction of sp³-hybridized carbons (Fsp3) is 0.300. The van der Waals surface area contributed by atoms with Crippen molar-refractivity contribution in [3.63, 3.8) is 0 Å². The molecule has 8 heteroatoms. The Morgan fingerprint density at radius 1 is 0.868 bits per heavy atom. The van der Waals surface area contributed by atoms with Crippen LogP contribution in [-0.4, -0.2) is 64.6 Å². The van der Waals surface area contributed by atoms with Crippen molar-refractivity contribution in [3.8, 4) is 22.8 Å². The number of rotatable bonds is 9. The van der Waals surface area contributed by atoms with Crippen molar-refractivity contribution in [1.29, 1.82) is 0 Å². The second kappa shape index (κ2) is 12.2. The van der Waals surface area contributed by atoms with Crippen LogP contribution in [0.5, 0.6) is 5.75 Å². The van der Waals surface area contributed by atoms with Crippen LogP contribution in [0.3, 0.4) is 0 Å². The molecule has 0 bridgehead atoms. The summed E-state index contributed by atoms with van der Waals surface area (Å²) in [5, 5.41) is 9.88. The Bertz CT molecular complexity index is 1330. The number of nitrogens with zero attached hydrogens (tertiary/aromatic N) is 5. The van der Waals surface area contributed by atoms with Crippen LogP contribution >= 0.6 is 11.8 Å². The monoisotopic (exact) mass is 527 g/mol. The highest BCUT2D eigenvalue weighted by molar-refractivity contribution is 7.99. The van der Waals surface area contributed by atoms with E-state index >= 15 is 0 Å². The lowest BCUT2D eigenvalue weighted by molar-refractivity contribution is -0.131. The van der Waals surface area contributed by atoms with Crippen LogP contribution in [-0.2, 0) is 4.79 Å². The third kappa shape index (κ3) is 6.02. The molecular formula is C30H33N5O2S. The van der Waals surface area contributed by atoms with Gasteiger partial charge < -0.3 is 14.5 Å². The standard InChI is InChI=1S/C30H33N5O2S/c1-23-10-12-24(13-11-23)29-31-32-30(35(29)26-7-4-3-5-8-26)38-22-6-9-28(36)34-20-18-33(19-21-34)25-14-16-27(37-2)17-15-25/h3-5,7-8,10-17H,6,9,18-22H2,1-2H3. The van der Waals surface area contributed by atoms with Gasteiger partial charge in [0.2, 0.25) is 5.91 Å². The molecule has 2 heterocycles. The molecule has 0 aliphatic carbocycles. The van der Waals surface area contributed by atoms with E-state index in [4.69, 9.17) is 4.74 Å². The van der Waals surface area contributed by atoms with Gasteiger partial charge in [0.15, 0.2) is 11.0 Å². The highest BCUT2D eigenvalue weighted by Crippen LogP contribution is 2.29. The molecule has 1 amide bonds. The minimum absolute atomic E-state index is 0.227. The van der Waals surface area contributed by atoms with Gasteiger partial charge in [-0.25, -0.2) is 0 Å². The zero-order valence-corrected chi connectivity index (χ0v) is 22.7.